The van der Waals surface area contributed by atoms with Crippen LogP contribution in [0.1, 0.15) is 32.3 Å². The molecule has 0 aliphatic carbocycles. The third-order valence-electron chi connectivity index (χ3n) is 5.48. The van der Waals surface area contributed by atoms with Gasteiger partial charge in [0.05, 0.1) is 4.90 Å². The van der Waals surface area contributed by atoms with Crippen molar-refractivity contribution in [2.45, 2.75) is 31.6 Å². The fourth-order valence-electron chi connectivity index (χ4n) is 3.79. The Morgan fingerprint density at radius 1 is 1.10 bits per heavy atom. The Kier molecular flexibility index (Phi) is 8.20. The van der Waals surface area contributed by atoms with E-state index in [0.717, 1.165) is 36.1 Å². The molecule has 0 bridgehead atoms. The normalized spacial score (nSPS) is 15.0. The molecule has 3 aromatic carbocycles. The Labute approximate surface area is 187 Å². The monoisotopic (exact) mass is 436 g/mol. The molecule has 1 fully saturated rings. The van der Waals surface area contributed by atoms with Crippen molar-refractivity contribution in [3.63, 3.8) is 0 Å². The number of anilines is 2. The highest BCUT2D eigenvalue weighted by Gasteiger charge is 2.18. The first-order valence-electron chi connectivity index (χ1n) is 11.0. The standard InChI is InChI=1S/C23H26N4OS.C2H6/c24-21-14-18(27-15-16-10-12-26-13-11-16)8-9-20(21)23(25)29(28)22-7-3-5-17-4-1-2-6-19(17)22;1-2/h1-9,14,16,25-27H,10-13,15,24H2;1-2H3. The number of hydrogen-bond acceptors (Lipinski definition) is 5. The summed E-state index contributed by atoms with van der Waals surface area (Å²) in [7, 11) is -1.60. The average molecular weight is 437 g/mol. The first kappa shape index (κ1) is 23.0. The minimum absolute atomic E-state index is 0.0313. The number of hydrogen-bond donors (Lipinski definition) is 4. The molecule has 3 aromatic rings. The summed E-state index contributed by atoms with van der Waals surface area (Å²) in [6.45, 7) is 7.06. The second kappa shape index (κ2) is 11.1. The molecule has 1 aliphatic rings. The summed E-state index contributed by atoms with van der Waals surface area (Å²) < 4.78 is 13.1. The van der Waals surface area contributed by atoms with Gasteiger partial charge < -0.3 is 16.4 Å². The molecule has 0 amide bonds. The third-order valence-corrected chi connectivity index (χ3v) is 6.83. The van der Waals surface area contributed by atoms with Crippen LogP contribution in [0, 0.1) is 11.3 Å². The van der Waals surface area contributed by atoms with E-state index in [-0.39, 0.29) is 5.04 Å². The number of fused-ring (bicyclic) bond motifs is 1. The number of nitrogens with one attached hydrogen (secondary N) is 3. The van der Waals surface area contributed by atoms with Crippen LogP contribution in [0.4, 0.5) is 11.4 Å². The number of nitrogen functional groups attached to an aromatic ring is 1. The van der Waals surface area contributed by atoms with Crippen molar-refractivity contribution in [2.75, 3.05) is 30.7 Å². The van der Waals surface area contributed by atoms with Gasteiger partial charge in [0.1, 0.15) is 15.8 Å². The zero-order chi connectivity index (χ0) is 22.2. The molecule has 1 aliphatic heterocycles. The Morgan fingerprint density at radius 2 is 1.81 bits per heavy atom. The summed E-state index contributed by atoms with van der Waals surface area (Å²) in [6.07, 6.45) is 2.35. The molecule has 31 heavy (non-hydrogen) atoms. The van der Waals surface area contributed by atoms with Crippen molar-refractivity contribution in [2.24, 2.45) is 5.92 Å². The van der Waals surface area contributed by atoms with Crippen LogP contribution in [0.15, 0.2) is 65.6 Å². The van der Waals surface area contributed by atoms with Gasteiger partial charge in [0.15, 0.2) is 0 Å². The fourth-order valence-corrected chi connectivity index (χ4v) is 4.99. The minimum atomic E-state index is -1.60. The predicted octanol–water partition coefficient (Wildman–Crippen LogP) is 4.99. The van der Waals surface area contributed by atoms with Crippen molar-refractivity contribution in [1.29, 1.82) is 5.41 Å². The maximum Gasteiger partial charge on any atom is 0.133 e. The molecule has 164 valence electrons. The van der Waals surface area contributed by atoms with Crippen LogP contribution in [-0.4, -0.2) is 28.9 Å². The van der Waals surface area contributed by atoms with E-state index >= 15 is 0 Å². The van der Waals surface area contributed by atoms with Gasteiger partial charge in [-0.1, -0.05) is 50.2 Å². The molecule has 6 heteroatoms. The van der Waals surface area contributed by atoms with E-state index in [2.05, 4.69) is 10.6 Å². The molecule has 0 spiro atoms. The number of piperidine rings is 1. The van der Waals surface area contributed by atoms with Crippen molar-refractivity contribution in [3.8, 4) is 0 Å². The molecule has 1 heterocycles. The molecule has 4 rings (SSSR count). The van der Waals surface area contributed by atoms with E-state index in [1.807, 2.05) is 68.4 Å². The van der Waals surface area contributed by atoms with E-state index in [4.69, 9.17) is 11.1 Å². The van der Waals surface area contributed by atoms with E-state index in [1.165, 1.54) is 12.8 Å². The second-order valence-corrected chi connectivity index (χ2v) is 8.84. The highest BCUT2D eigenvalue weighted by atomic mass is 32.2. The smallest absolute Gasteiger partial charge is 0.133 e. The second-order valence-electron chi connectivity index (χ2n) is 7.45. The Balaban J connectivity index is 0.00000132. The van der Waals surface area contributed by atoms with Crippen molar-refractivity contribution < 1.29 is 4.21 Å². The third kappa shape index (κ3) is 5.51. The molecule has 1 unspecified atom stereocenters. The maximum absolute atomic E-state index is 13.1. The number of nitrogens with two attached hydrogens (primary N) is 1. The summed E-state index contributed by atoms with van der Waals surface area (Å²) in [4.78, 5) is 0.639. The lowest BCUT2D eigenvalue weighted by Gasteiger charge is -2.23. The molecule has 0 aromatic heterocycles. The molecule has 0 radical (unpaired) electrons. The van der Waals surface area contributed by atoms with Crippen LogP contribution >= 0.6 is 0 Å². The number of rotatable bonds is 5. The summed E-state index contributed by atoms with van der Waals surface area (Å²) in [5.41, 5.74) is 8.16. The Bertz CT molecular complexity index is 1060. The summed E-state index contributed by atoms with van der Waals surface area (Å²) in [6, 6.07) is 19.0. The van der Waals surface area contributed by atoms with Crippen LogP contribution in [0.5, 0.6) is 0 Å². The quantitative estimate of drug-likeness (QED) is 0.258. The largest absolute Gasteiger partial charge is 0.398 e. The lowest BCUT2D eigenvalue weighted by molar-refractivity contribution is 0.390. The maximum atomic E-state index is 13.1. The fraction of sp³-hybridized carbons (Fsp3) is 0.320. The van der Waals surface area contributed by atoms with Crippen molar-refractivity contribution in [3.05, 3.63) is 66.2 Å². The van der Waals surface area contributed by atoms with Gasteiger partial charge in [-0.15, -0.1) is 0 Å². The number of benzene rings is 3. The Hall–Kier alpha value is -2.70. The lowest BCUT2D eigenvalue weighted by Crippen LogP contribution is -2.31. The molecule has 1 saturated heterocycles. The summed E-state index contributed by atoms with van der Waals surface area (Å²) in [5.74, 6) is 0.661. The van der Waals surface area contributed by atoms with Crippen LogP contribution in [0.2, 0.25) is 0 Å². The molecule has 5 nitrogen and oxygen atoms in total. The molecular formula is C25H32N4OS. The van der Waals surface area contributed by atoms with Gasteiger partial charge >= 0.3 is 0 Å². The van der Waals surface area contributed by atoms with Gasteiger partial charge in [-0.3, -0.25) is 5.41 Å². The van der Waals surface area contributed by atoms with Gasteiger partial charge in [-0.2, -0.15) is 0 Å². The summed E-state index contributed by atoms with van der Waals surface area (Å²) in [5, 5.41) is 17.3. The molecule has 0 saturated carbocycles. The van der Waals surface area contributed by atoms with E-state index in [9.17, 15) is 4.21 Å². The molecule has 5 N–H and O–H groups in total. The van der Waals surface area contributed by atoms with Gasteiger partial charge in [0.25, 0.3) is 0 Å². The van der Waals surface area contributed by atoms with Crippen LogP contribution < -0.4 is 16.4 Å². The zero-order valence-electron chi connectivity index (χ0n) is 18.3. The van der Waals surface area contributed by atoms with Crippen molar-refractivity contribution in [1.82, 2.24) is 5.32 Å². The highest BCUT2D eigenvalue weighted by Crippen LogP contribution is 2.26. The minimum Gasteiger partial charge on any atom is -0.398 e. The van der Waals surface area contributed by atoms with Crippen LogP contribution in [0.25, 0.3) is 10.8 Å². The van der Waals surface area contributed by atoms with Crippen molar-refractivity contribution >= 4 is 38.0 Å². The predicted molar refractivity (Wildman–Crippen MR) is 133 cm³/mol. The topological polar surface area (TPSA) is 91.0 Å². The SMILES string of the molecule is CC.N=C(c1ccc(NCC2CCNCC2)cc1N)S(=O)c1cccc2ccccc12. The van der Waals surface area contributed by atoms with Gasteiger partial charge in [0.2, 0.25) is 0 Å². The van der Waals surface area contributed by atoms with Gasteiger partial charge in [-0.25, -0.2) is 4.21 Å². The first-order valence-corrected chi connectivity index (χ1v) is 12.1. The highest BCUT2D eigenvalue weighted by molar-refractivity contribution is 8.01. The summed E-state index contributed by atoms with van der Waals surface area (Å²) >= 11 is 0. The Morgan fingerprint density at radius 3 is 2.55 bits per heavy atom. The first-order chi connectivity index (χ1) is 15.1. The molecular weight excluding hydrogens is 404 g/mol. The zero-order valence-corrected chi connectivity index (χ0v) is 19.1. The van der Waals surface area contributed by atoms with Crippen LogP contribution in [-0.2, 0) is 10.8 Å². The van der Waals surface area contributed by atoms with E-state index in [1.54, 1.807) is 6.07 Å². The van der Waals surface area contributed by atoms with E-state index < -0.39 is 10.8 Å². The van der Waals surface area contributed by atoms with Crippen LogP contribution in [0.3, 0.4) is 0 Å². The van der Waals surface area contributed by atoms with Gasteiger partial charge in [0, 0.05) is 23.5 Å². The van der Waals surface area contributed by atoms with Gasteiger partial charge in [-0.05, 0) is 66.9 Å². The lowest BCUT2D eigenvalue weighted by atomic mass is 9.98. The average Bonchev–Trinajstić information content (AvgIpc) is 2.83. The van der Waals surface area contributed by atoms with E-state index in [0.29, 0.717) is 22.1 Å². The molecule has 1 atom stereocenters.